The summed E-state index contributed by atoms with van der Waals surface area (Å²) in [4.78, 5) is 44.6. The summed E-state index contributed by atoms with van der Waals surface area (Å²) in [7, 11) is 0. The van der Waals surface area contributed by atoms with Gasteiger partial charge >= 0.3 is 12.1 Å². The molecular weight excluding hydrogens is 515 g/mol. The number of pyridine rings is 1. The standard InChI is InChI=1S/C28H28F3N3O5/c1-18-15-20(22-7-3-4-8-23(22)32-18)17-38-21-11-9-19(10-12-21)25(36)33-27(13-5-2-6-14-27)16-24(35)34-39-26(37)28(29,30)31/h3-4,7-12,15H,2,5-6,13-14,16-17H2,1H3,(H,33,36)(H,34,35). The fourth-order valence-corrected chi connectivity index (χ4v) is 4.77. The van der Waals surface area contributed by atoms with E-state index in [0.29, 0.717) is 30.8 Å². The van der Waals surface area contributed by atoms with Crippen LogP contribution in [0.1, 0.15) is 60.1 Å². The van der Waals surface area contributed by atoms with E-state index >= 15 is 0 Å². The van der Waals surface area contributed by atoms with Crippen molar-refractivity contribution in [1.82, 2.24) is 15.8 Å². The van der Waals surface area contributed by atoms with Crippen molar-refractivity contribution in [3.63, 3.8) is 0 Å². The van der Waals surface area contributed by atoms with E-state index in [1.165, 1.54) is 0 Å². The SMILES string of the molecule is Cc1cc(COc2ccc(C(=O)NC3(CC(=O)NOC(=O)C(F)(F)F)CCCCC3)cc2)c2ccccc2n1. The van der Waals surface area contributed by atoms with Crippen molar-refractivity contribution in [1.29, 1.82) is 0 Å². The zero-order valence-corrected chi connectivity index (χ0v) is 21.3. The molecule has 0 saturated heterocycles. The van der Waals surface area contributed by atoms with Crippen LogP contribution in [0.15, 0.2) is 54.6 Å². The van der Waals surface area contributed by atoms with Crippen molar-refractivity contribution < 1.29 is 37.1 Å². The number of aromatic nitrogens is 1. The van der Waals surface area contributed by atoms with Crippen LogP contribution >= 0.6 is 0 Å². The number of carbonyl (C=O) groups is 3. The van der Waals surface area contributed by atoms with Gasteiger partial charge in [0.15, 0.2) is 0 Å². The second-order valence-electron chi connectivity index (χ2n) is 9.64. The molecule has 0 atom stereocenters. The van der Waals surface area contributed by atoms with Crippen LogP contribution < -0.4 is 15.5 Å². The van der Waals surface area contributed by atoms with Crippen molar-refractivity contribution in [3.8, 4) is 5.75 Å². The molecule has 1 aromatic heterocycles. The molecule has 0 spiro atoms. The highest BCUT2D eigenvalue weighted by atomic mass is 19.4. The largest absolute Gasteiger partial charge is 0.493 e. The topological polar surface area (TPSA) is 107 Å². The van der Waals surface area contributed by atoms with Crippen molar-refractivity contribution in [2.24, 2.45) is 0 Å². The summed E-state index contributed by atoms with van der Waals surface area (Å²) in [5.74, 6) is -3.33. The molecule has 0 bridgehead atoms. The van der Waals surface area contributed by atoms with Gasteiger partial charge in [0.1, 0.15) is 12.4 Å². The van der Waals surface area contributed by atoms with Gasteiger partial charge < -0.3 is 14.9 Å². The lowest BCUT2D eigenvalue weighted by Gasteiger charge is -2.37. The predicted molar refractivity (Wildman–Crippen MR) is 135 cm³/mol. The molecule has 11 heteroatoms. The molecule has 4 rings (SSSR count). The van der Waals surface area contributed by atoms with Gasteiger partial charge in [-0.05, 0) is 56.2 Å². The number of hydroxylamine groups is 1. The van der Waals surface area contributed by atoms with Crippen LogP contribution in [0, 0.1) is 6.92 Å². The molecular formula is C28H28F3N3O5. The molecule has 1 aliphatic carbocycles. The van der Waals surface area contributed by atoms with Gasteiger partial charge in [0.05, 0.1) is 11.9 Å². The molecule has 8 nitrogen and oxygen atoms in total. The van der Waals surface area contributed by atoms with Gasteiger partial charge in [-0.2, -0.15) is 18.7 Å². The van der Waals surface area contributed by atoms with E-state index in [2.05, 4.69) is 15.1 Å². The van der Waals surface area contributed by atoms with Gasteiger partial charge in [0, 0.05) is 27.7 Å². The Labute approximate surface area is 222 Å². The number of fused-ring (bicyclic) bond motifs is 1. The molecule has 2 amide bonds. The molecule has 206 valence electrons. The quantitative estimate of drug-likeness (QED) is 0.403. The first-order valence-electron chi connectivity index (χ1n) is 12.5. The van der Waals surface area contributed by atoms with E-state index in [1.54, 1.807) is 29.7 Å². The van der Waals surface area contributed by atoms with Gasteiger partial charge in [0.25, 0.3) is 11.8 Å². The summed E-state index contributed by atoms with van der Waals surface area (Å²) >= 11 is 0. The summed E-state index contributed by atoms with van der Waals surface area (Å²) in [5, 5.41) is 3.89. The van der Waals surface area contributed by atoms with Crippen LogP contribution in [0.2, 0.25) is 0 Å². The smallest absolute Gasteiger partial charge is 0.489 e. The van der Waals surface area contributed by atoms with E-state index < -0.39 is 29.5 Å². The highest BCUT2D eigenvalue weighted by Gasteiger charge is 2.42. The van der Waals surface area contributed by atoms with Crippen LogP contribution in [0.4, 0.5) is 13.2 Å². The number of aryl methyl sites for hydroxylation is 1. The number of rotatable bonds is 7. The predicted octanol–water partition coefficient (Wildman–Crippen LogP) is 5.08. The Balaban J connectivity index is 1.38. The van der Waals surface area contributed by atoms with E-state index in [0.717, 1.165) is 41.4 Å². The summed E-state index contributed by atoms with van der Waals surface area (Å²) in [6, 6.07) is 16.3. The average molecular weight is 544 g/mol. The number of halogens is 3. The summed E-state index contributed by atoms with van der Waals surface area (Å²) in [6.45, 7) is 2.23. The number of nitrogens with one attached hydrogen (secondary N) is 2. The van der Waals surface area contributed by atoms with Crippen molar-refractivity contribution in [2.75, 3.05) is 0 Å². The second kappa shape index (κ2) is 11.7. The van der Waals surface area contributed by atoms with Gasteiger partial charge in [-0.1, -0.05) is 37.5 Å². The third-order valence-corrected chi connectivity index (χ3v) is 6.62. The Bertz CT molecular complexity index is 1350. The number of benzene rings is 2. The van der Waals surface area contributed by atoms with Crippen molar-refractivity contribution >= 4 is 28.7 Å². The van der Waals surface area contributed by atoms with Crippen LogP contribution in [0.25, 0.3) is 10.9 Å². The van der Waals surface area contributed by atoms with Crippen LogP contribution in [0.5, 0.6) is 5.75 Å². The molecule has 3 aromatic rings. The summed E-state index contributed by atoms with van der Waals surface area (Å²) in [5.41, 5.74) is 3.65. The molecule has 2 N–H and O–H groups in total. The average Bonchev–Trinajstić information content (AvgIpc) is 2.90. The molecule has 0 radical (unpaired) electrons. The molecule has 39 heavy (non-hydrogen) atoms. The molecule has 0 unspecified atom stereocenters. The number of para-hydroxylation sites is 1. The maximum Gasteiger partial charge on any atom is 0.493 e. The molecule has 1 aliphatic rings. The lowest BCUT2D eigenvalue weighted by Crippen LogP contribution is -2.52. The molecule has 1 fully saturated rings. The number of ether oxygens (including phenoxy) is 1. The minimum Gasteiger partial charge on any atom is -0.489 e. The van der Waals surface area contributed by atoms with E-state index in [9.17, 15) is 27.6 Å². The number of carbonyl (C=O) groups excluding carboxylic acids is 3. The lowest BCUT2D eigenvalue weighted by molar-refractivity contribution is -0.207. The number of amides is 2. The van der Waals surface area contributed by atoms with E-state index in [-0.39, 0.29) is 6.42 Å². The van der Waals surface area contributed by atoms with Crippen molar-refractivity contribution in [3.05, 3.63) is 71.4 Å². The Morgan fingerprint density at radius 1 is 1.00 bits per heavy atom. The Morgan fingerprint density at radius 2 is 1.69 bits per heavy atom. The van der Waals surface area contributed by atoms with Gasteiger partial charge in [-0.3, -0.25) is 14.6 Å². The zero-order chi connectivity index (χ0) is 28.0. The number of nitrogens with zero attached hydrogens (tertiary/aromatic N) is 1. The van der Waals surface area contributed by atoms with Gasteiger partial charge in [-0.25, -0.2) is 4.79 Å². The maximum atomic E-state index is 13.0. The van der Waals surface area contributed by atoms with Crippen LogP contribution in [0.3, 0.4) is 0 Å². The minimum absolute atomic E-state index is 0.312. The molecule has 1 heterocycles. The highest BCUT2D eigenvalue weighted by Crippen LogP contribution is 2.32. The third kappa shape index (κ3) is 7.24. The Hall–Kier alpha value is -4.15. The Kier molecular flexibility index (Phi) is 8.37. The first kappa shape index (κ1) is 27.9. The summed E-state index contributed by atoms with van der Waals surface area (Å²) < 4.78 is 43.0. The monoisotopic (exact) mass is 543 g/mol. The summed E-state index contributed by atoms with van der Waals surface area (Å²) in [6.07, 6.45) is -2.28. The lowest BCUT2D eigenvalue weighted by atomic mass is 9.79. The number of hydrogen-bond acceptors (Lipinski definition) is 6. The third-order valence-electron chi connectivity index (χ3n) is 6.62. The van der Waals surface area contributed by atoms with Gasteiger partial charge in [0.2, 0.25) is 0 Å². The molecule has 2 aromatic carbocycles. The highest BCUT2D eigenvalue weighted by molar-refractivity contribution is 5.95. The minimum atomic E-state index is -5.23. The fourth-order valence-electron chi connectivity index (χ4n) is 4.77. The van der Waals surface area contributed by atoms with E-state index in [4.69, 9.17) is 4.74 Å². The number of hydrogen-bond donors (Lipinski definition) is 2. The zero-order valence-electron chi connectivity index (χ0n) is 21.3. The second-order valence-corrected chi connectivity index (χ2v) is 9.64. The normalized spacial score (nSPS) is 14.9. The van der Waals surface area contributed by atoms with Gasteiger partial charge in [-0.15, -0.1) is 0 Å². The number of alkyl halides is 3. The Morgan fingerprint density at radius 3 is 2.38 bits per heavy atom. The fraction of sp³-hybridized carbons (Fsp3) is 0.357. The van der Waals surface area contributed by atoms with E-state index in [1.807, 2.05) is 37.3 Å². The molecule has 1 saturated carbocycles. The van der Waals surface area contributed by atoms with Crippen molar-refractivity contribution in [2.45, 2.75) is 63.8 Å². The first-order chi connectivity index (χ1) is 18.5. The van der Waals surface area contributed by atoms with Crippen LogP contribution in [-0.4, -0.2) is 34.5 Å². The van der Waals surface area contributed by atoms with Crippen LogP contribution in [-0.2, 0) is 21.0 Å². The maximum absolute atomic E-state index is 13.0. The first-order valence-corrected chi connectivity index (χ1v) is 12.5. The molecule has 0 aliphatic heterocycles.